The van der Waals surface area contributed by atoms with E-state index in [0.29, 0.717) is 39.5 Å². The minimum absolute atomic E-state index is 0.00147. The van der Waals surface area contributed by atoms with Crippen LogP contribution in [0.3, 0.4) is 0 Å². The highest BCUT2D eigenvalue weighted by Crippen LogP contribution is 2.38. The Hall–Kier alpha value is -0.832. The van der Waals surface area contributed by atoms with Crippen LogP contribution in [0.15, 0.2) is 46.2 Å². The average Bonchev–Trinajstić information content (AvgIpc) is 3.16. The number of nitrogens with one attached hydrogen (secondary N) is 2. The van der Waals surface area contributed by atoms with Crippen molar-refractivity contribution in [3.63, 3.8) is 0 Å². The van der Waals surface area contributed by atoms with Crippen molar-refractivity contribution in [3.05, 3.63) is 42.0 Å². The largest absolute Gasteiger partial charge is 0.506 e. The second-order valence-electron chi connectivity index (χ2n) is 15.5. The molecule has 0 bridgehead atoms. The molecule has 0 amide bonds. The molecule has 0 saturated heterocycles. The molecule has 2 aromatic carbocycles. The summed E-state index contributed by atoms with van der Waals surface area (Å²) in [5, 5.41) is 28.8. The van der Waals surface area contributed by atoms with Gasteiger partial charge >= 0.3 is 17.4 Å². The number of ether oxygens (including phenoxy) is 3. The molecule has 0 fully saturated rings. The third kappa shape index (κ3) is 20.1. The predicted molar refractivity (Wildman–Crippen MR) is 248 cm³/mol. The number of benzene rings is 2. The van der Waals surface area contributed by atoms with Gasteiger partial charge in [-0.1, -0.05) is 30.3 Å². The van der Waals surface area contributed by atoms with Gasteiger partial charge in [0.1, 0.15) is 0 Å². The molecular formula is C38H74N4O9S2Si4. The maximum absolute atomic E-state index is 10.8. The van der Waals surface area contributed by atoms with Crippen molar-refractivity contribution >= 4 is 75.5 Å². The lowest BCUT2D eigenvalue weighted by molar-refractivity contribution is 0.0330. The van der Waals surface area contributed by atoms with Crippen LogP contribution in [0.4, 0.5) is 11.4 Å². The Morgan fingerprint density at radius 2 is 1.47 bits per heavy atom. The normalized spacial score (nSPS) is 15.8. The highest BCUT2D eigenvalue weighted by atomic mass is 32.2. The van der Waals surface area contributed by atoms with Crippen molar-refractivity contribution in [2.45, 2.75) is 106 Å². The van der Waals surface area contributed by atoms with Gasteiger partial charge in [0.15, 0.2) is 18.1 Å². The smallest absolute Gasteiger partial charge is 0.419 e. The SMILES string of the molecule is CO[Si](C)(C)O[Si](O[SiH2]CCCOCC(O)CNC(C)COCC(C)N)(O[Si](C)(C)CCCOCC(O)CNc1c(SC)cc(SC)c(N)c1C)c1ccccc1. The lowest BCUT2D eigenvalue weighted by Crippen LogP contribution is -2.66. The predicted octanol–water partition coefficient (Wildman–Crippen LogP) is 4.26. The number of hydrogen-bond donors (Lipinski definition) is 6. The Morgan fingerprint density at radius 3 is 2.09 bits per heavy atom. The van der Waals surface area contributed by atoms with E-state index in [0.717, 1.165) is 56.8 Å². The van der Waals surface area contributed by atoms with Crippen LogP contribution < -0.4 is 27.3 Å². The first kappa shape index (κ1) is 52.3. The molecular weight excluding hydrogens is 833 g/mol. The van der Waals surface area contributed by atoms with Crippen LogP contribution in [0, 0.1) is 6.92 Å². The number of anilines is 2. The van der Waals surface area contributed by atoms with E-state index in [1.807, 2.05) is 76.7 Å². The van der Waals surface area contributed by atoms with E-state index in [-0.39, 0.29) is 25.3 Å². The van der Waals surface area contributed by atoms with E-state index in [2.05, 4.69) is 29.8 Å². The monoisotopic (exact) mass is 906 g/mol. The van der Waals surface area contributed by atoms with E-state index >= 15 is 0 Å². The highest BCUT2D eigenvalue weighted by Gasteiger charge is 2.51. The van der Waals surface area contributed by atoms with Crippen LogP contribution >= 0.6 is 23.5 Å². The second-order valence-corrected chi connectivity index (χ2v) is 30.0. The maximum Gasteiger partial charge on any atom is 0.506 e. The molecule has 0 aliphatic heterocycles. The number of rotatable bonds is 32. The molecule has 5 unspecified atom stereocenters. The zero-order chi connectivity index (χ0) is 42.5. The minimum atomic E-state index is -3.39. The molecule has 5 atom stereocenters. The lowest BCUT2D eigenvalue weighted by Gasteiger charge is -2.41. The molecule has 2 rings (SSSR count). The molecule has 328 valence electrons. The molecule has 0 aliphatic rings. The molecule has 8 N–H and O–H groups in total. The Bertz CT molecular complexity index is 1410. The van der Waals surface area contributed by atoms with Crippen LogP contribution in [-0.2, 0) is 31.0 Å². The number of hydrogen-bond acceptors (Lipinski definition) is 15. The van der Waals surface area contributed by atoms with E-state index in [4.69, 9.17) is 42.4 Å². The summed E-state index contributed by atoms with van der Waals surface area (Å²) in [6, 6.07) is 14.0. The van der Waals surface area contributed by atoms with Gasteiger partial charge in [0, 0.05) is 60.5 Å². The summed E-state index contributed by atoms with van der Waals surface area (Å²) < 4.78 is 44.2. The van der Waals surface area contributed by atoms with Crippen LogP contribution in [0.25, 0.3) is 0 Å². The number of nitrogens with two attached hydrogens (primary N) is 2. The zero-order valence-electron chi connectivity index (χ0n) is 36.2. The van der Waals surface area contributed by atoms with Gasteiger partial charge in [-0.15, -0.1) is 23.5 Å². The fraction of sp³-hybridized carbons (Fsp3) is 0.684. The molecule has 13 nitrogen and oxygen atoms in total. The first-order valence-electron chi connectivity index (χ1n) is 20.0. The summed E-state index contributed by atoms with van der Waals surface area (Å²) >= 11 is 3.29. The summed E-state index contributed by atoms with van der Waals surface area (Å²) in [5.41, 5.74) is 14.8. The molecule has 2 aromatic rings. The first-order chi connectivity index (χ1) is 27.0. The molecule has 57 heavy (non-hydrogen) atoms. The lowest BCUT2D eigenvalue weighted by atomic mass is 10.1. The highest BCUT2D eigenvalue weighted by molar-refractivity contribution is 7.99. The Kier molecular flexibility index (Phi) is 24.9. The molecule has 0 aromatic heterocycles. The maximum atomic E-state index is 10.8. The fourth-order valence-corrected chi connectivity index (χ4v) is 20.7. The van der Waals surface area contributed by atoms with E-state index in [1.165, 1.54) is 0 Å². The third-order valence-corrected chi connectivity index (χ3v) is 23.6. The summed E-state index contributed by atoms with van der Waals surface area (Å²) in [6.07, 6.45) is 4.37. The molecule has 0 spiro atoms. The van der Waals surface area contributed by atoms with Crippen LogP contribution in [0.2, 0.25) is 38.3 Å². The molecule has 0 radical (unpaired) electrons. The first-order valence-corrected chi connectivity index (χ1v) is 31.6. The van der Waals surface area contributed by atoms with Gasteiger partial charge in [-0.05, 0) is 96.0 Å². The topological polar surface area (TPSA) is 181 Å². The summed E-state index contributed by atoms with van der Waals surface area (Å²) in [5.74, 6) is 0. The standard InChI is InChI=1S/C38H74N4O9S2Si4/c1-29(39)25-48-26-30(2)41-23-32(43)27-46-18-14-20-54-49-57(51-56(9,10)45-4,34-16-12-11-13-17-34)50-55(7,8)21-15-19-47-28-33(44)24-42-38-31(3)37(40)35(52-5)22-36(38)53-6/h11-13,16-17,22,29-30,32-33,41-44H,14-15,18-21,23-28,39-40,54H2,1-10H3. The zero-order valence-corrected chi connectivity index (χ0v) is 42.2. The van der Waals surface area contributed by atoms with Crippen molar-refractivity contribution in [1.29, 1.82) is 0 Å². The Balaban J connectivity index is 1.92. The quantitative estimate of drug-likeness (QED) is 0.0265. The molecule has 0 aliphatic carbocycles. The van der Waals surface area contributed by atoms with Gasteiger partial charge in [0.25, 0.3) is 0 Å². The molecule has 19 heteroatoms. The summed E-state index contributed by atoms with van der Waals surface area (Å²) in [6.45, 7) is 17.7. The number of thioether (sulfide) groups is 2. The van der Waals surface area contributed by atoms with E-state index in [9.17, 15) is 10.2 Å². The minimum Gasteiger partial charge on any atom is -0.419 e. The van der Waals surface area contributed by atoms with Crippen molar-refractivity contribution < 1.29 is 41.2 Å². The van der Waals surface area contributed by atoms with Gasteiger partial charge in [-0.25, -0.2) is 0 Å². The van der Waals surface area contributed by atoms with Gasteiger partial charge in [0.05, 0.1) is 50.0 Å². The molecule has 0 saturated carbocycles. The summed E-state index contributed by atoms with van der Waals surface area (Å²) in [4.78, 5) is 2.16. The van der Waals surface area contributed by atoms with Gasteiger partial charge in [-0.3, -0.25) is 0 Å². The third-order valence-electron chi connectivity index (χ3n) is 9.03. The van der Waals surface area contributed by atoms with Gasteiger partial charge in [-0.2, -0.15) is 0 Å². The van der Waals surface area contributed by atoms with E-state index in [1.54, 1.807) is 30.6 Å². The van der Waals surface area contributed by atoms with Crippen molar-refractivity contribution in [2.24, 2.45) is 5.73 Å². The number of aliphatic hydroxyl groups excluding tert-OH is 2. The van der Waals surface area contributed by atoms with Crippen molar-refractivity contribution in [1.82, 2.24) is 5.32 Å². The van der Waals surface area contributed by atoms with Crippen molar-refractivity contribution in [2.75, 3.05) is 83.4 Å². The second kappa shape index (κ2) is 27.2. The van der Waals surface area contributed by atoms with Crippen LogP contribution in [0.1, 0.15) is 32.3 Å². The fourth-order valence-electron chi connectivity index (χ4n) is 5.74. The Morgan fingerprint density at radius 1 is 0.842 bits per heavy atom. The Labute approximate surface area is 357 Å². The average molecular weight is 908 g/mol. The van der Waals surface area contributed by atoms with E-state index < -0.39 is 47.7 Å². The van der Waals surface area contributed by atoms with Gasteiger partial charge in [0.2, 0.25) is 0 Å². The van der Waals surface area contributed by atoms with Crippen LogP contribution in [-0.4, -0.2) is 142 Å². The molecule has 0 heterocycles. The van der Waals surface area contributed by atoms with Gasteiger partial charge < -0.3 is 63.3 Å². The summed E-state index contributed by atoms with van der Waals surface area (Å²) in [7, 11) is -7.75. The number of nitrogen functional groups attached to an aromatic ring is 1. The number of aliphatic hydroxyl groups is 2. The van der Waals surface area contributed by atoms with Crippen LogP contribution in [0.5, 0.6) is 0 Å². The van der Waals surface area contributed by atoms with Crippen molar-refractivity contribution in [3.8, 4) is 0 Å².